The number of nitrogens with one attached hydrogen (secondary N) is 1. The zero-order chi connectivity index (χ0) is 12.3. The molecule has 1 heterocycles. The molecule has 0 spiro atoms. The first kappa shape index (κ1) is 11.7. The predicted molar refractivity (Wildman–Crippen MR) is 70.5 cm³/mol. The van der Waals surface area contributed by atoms with E-state index in [1.54, 1.807) is 0 Å². The third-order valence-electron chi connectivity index (χ3n) is 2.35. The molecule has 3 nitrogen and oxygen atoms in total. The van der Waals surface area contributed by atoms with Crippen molar-refractivity contribution in [2.45, 2.75) is 6.42 Å². The van der Waals surface area contributed by atoms with Gasteiger partial charge in [0.05, 0.1) is 5.56 Å². The summed E-state index contributed by atoms with van der Waals surface area (Å²) >= 11 is 3.28. The van der Waals surface area contributed by atoms with Crippen LogP contribution in [-0.4, -0.2) is 21.4 Å². The van der Waals surface area contributed by atoms with Crippen LogP contribution in [0.1, 0.15) is 22.5 Å². The molecule has 0 atom stereocenters. The molecule has 0 amide bonds. The van der Waals surface area contributed by atoms with Gasteiger partial charge in [0, 0.05) is 22.7 Å². The van der Waals surface area contributed by atoms with E-state index in [9.17, 15) is 4.79 Å². The van der Waals surface area contributed by atoms with Crippen molar-refractivity contribution in [3.8, 4) is 11.8 Å². The molecule has 4 heteroatoms. The van der Waals surface area contributed by atoms with Gasteiger partial charge in [-0.2, -0.15) is 0 Å². The van der Waals surface area contributed by atoms with E-state index in [1.165, 1.54) is 0 Å². The van der Waals surface area contributed by atoms with E-state index >= 15 is 0 Å². The predicted octanol–water partition coefficient (Wildman–Crippen LogP) is 3.00. The Balaban J connectivity index is 2.61. The fourth-order valence-corrected chi connectivity index (χ4v) is 1.83. The summed E-state index contributed by atoms with van der Waals surface area (Å²) in [6, 6.07) is 7.45. The van der Waals surface area contributed by atoms with Gasteiger partial charge in [0.25, 0.3) is 0 Å². The third kappa shape index (κ3) is 2.34. The van der Waals surface area contributed by atoms with E-state index in [0.29, 0.717) is 12.0 Å². The highest BCUT2D eigenvalue weighted by molar-refractivity contribution is 9.09. The highest BCUT2D eigenvalue weighted by Crippen LogP contribution is 2.21. The standard InChI is InChI=1S/C13H10BrNO2/c14-8-4-3-6-10-9-5-1-2-7-11(9)15-12(10)13(16)17/h1-2,5,7,15H,4,8H2,(H,16,17). The topological polar surface area (TPSA) is 53.1 Å². The van der Waals surface area contributed by atoms with Crippen molar-refractivity contribution in [2.24, 2.45) is 0 Å². The number of rotatable bonds is 2. The number of hydrogen-bond donors (Lipinski definition) is 2. The number of hydrogen-bond acceptors (Lipinski definition) is 1. The van der Waals surface area contributed by atoms with E-state index in [0.717, 1.165) is 16.2 Å². The number of para-hydroxylation sites is 1. The van der Waals surface area contributed by atoms with Gasteiger partial charge in [-0.25, -0.2) is 4.79 Å². The van der Waals surface area contributed by atoms with E-state index in [2.05, 4.69) is 32.8 Å². The van der Waals surface area contributed by atoms with Crippen LogP contribution in [0.25, 0.3) is 10.9 Å². The quantitative estimate of drug-likeness (QED) is 0.660. The second-order valence-corrected chi connectivity index (χ2v) is 4.26. The number of halogens is 1. The number of aromatic nitrogens is 1. The minimum atomic E-state index is -0.982. The normalized spacial score (nSPS) is 9.94. The minimum absolute atomic E-state index is 0.160. The SMILES string of the molecule is O=C(O)c1[nH]c2ccccc2c1C#CCCBr. The van der Waals surface area contributed by atoms with Crippen molar-refractivity contribution in [1.29, 1.82) is 0 Å². The van der Waals surface area contributed by atoms with Crippen LogP contribution in [0, 0.1) is 11.8 Å². The van der Waals surface area contributed by atoms with Crippen LogP contribution in [-0.2, 0) is 0 Å². The molecule has 0 fully saturated rings. The Kier molecular flexibility index (Phi) is 3.50. The molecule has 1 aromatic carbocycles. The number of carbonyl (C=O) groups is 1. The number of carboxylic acid groups (broad SMARTS) is 1. The molecule has 2 rings (SSSR count). The molecule has 1 aromatic heterocycles. The van der Waals surface area contributed by atoms with Crippen LogP contribution in [0.2, 0.25) is 0 Å². The lowest BCUT2D eigenvalue weighted by Gasteiger charge is -1.90. The average Bonchev–Trinajstić information content (AvgIpc) is 2.69. The lowest BCUT2D eigenvalue weighted by molar-refractivity contribution is 0.0691. The van der Waals surface area contributed by atoms with Gasteiger partial charge >= 0.3 is 5.97 Å². The molecule has 2 N–H and O–H groups in total. The van der Waals surface area contributed by atoms with Gasteiger partial charge in [-0.3, -0.25) is 0 Å². The molecule has 0 radical (unpaired) electrons. The molecule has 0 saturated carbocycles. The van der Waals surface area contributed by atoms with Gasteiger partial charge in [-0.05, 0) is 6.07 Å². The summed E-state index contributed by atoms with van der Waals surface area (Å²) in [5.74, 6) is 4.89. The first-order valence-corrected chi connectivity index (χ1v) is 6.25. The summed E-state index contributed by atoms with van der Waals surface area (Å²) in [5.41, 5.74) is 1.52. The van der Waals surface area contributed by atoms with Crippen molar-refractivity contribution < 1.29 is 9.90 Å². The van der Waals surface area contributed by atoms with E-state index in [4.69, 9.17) is 5.11 Å². The second-order valence-electron chi connectivity index (χ2n) is 3.47. The fourth-order valence-electron chi connectivity index (χ4n) is 1.63. The molecule has 17 heavy (non-hydrogen) atoms. The summed E-state index contributed by atoms with van der Waals surface area (Å²) < 4.78 is 0. The summed E-state index contributed by atoms with van der Waals surface area (Å²) in [6.45, 7) is 0. The zero-order valence-corrected chi connectivity index (χ0v) is 10.5. The molecular weight excluding hydrogens is 282 g/mol. The van der Waals surface area contributed by atoms with Gasteiger partial charge in [-0.1, -0.05) is 46.0 Å². The van der Waals surface area contributed by atoms with Crippen molar-refractivity contribution in [3.63, 3.8) is 0 Å². The average molecular weight is 292 g/mol. The van der Waals surface area contributed by atoms with Gasteiger partial charge in [0.1, 0.15) is 5.69 Å². The number of aromatic amines is 1. The minimum Gasteiger partial charge on any atom is -0.477 e. The highest BCUT2D eigenvalue weighted by Gasteiger charge is 2.14. The molecule has 0 saturated heterocycles. The molecule has 86 valence electrons. The molecule has 0 aliphatic carbocycles. The summed E-state index contributed by atoms with van der Waals surface area (Å²) in [4.78, 5) is 14.0. The van der Waals surface area contributed by atoms with Gasteiger partial charge < -0.3 is 10.1 Å². The van der Waals surface area contributed by atoms with Gasteiger partial charge in [0.15, 0.2) is 0 Å². The number of alkyl halides is 1. The van der Waals surface area contributed by atoms with Gasteiger partial charge in [-0.15, -0.1) is 0 Å². The van der Waals surface area contributed by atoms with Crippen LogP contribution in [0.4, 0.5) is 0 Å². The lowest BCUT2D eigenvalue weighted by Crippen LogP contribution is -1.98. The van der Waals surface area contributed by atoms with Crippen LogP contribution in [0.3, 0.4) is 0 Å². The summed E-state index contributed by atoms with van der Waals surface area (Å²) in [7, 11) is 0. The van der Waals surface area contributed by atoms with Crippen molar-refractivity contribution in [3.05, 3.63) is 35.5 Å². The Bertz CT molecular complexity index is 619. The van der Waals surface area contributed by atoms with Crippen molar-refractivity contribution in [2.75, 3.05) is 5.33 Å². The Labute approximate surface area is 107 Å². The maximum Gasteiger partial charge on any atom is 0.353 e. The molecule has 0 unspecified atom stereocenters. The summed E-state index contributed by atoms with van der Waals surface area (Å²) in [6.07, 6.45) is 0.693. The van der Waals surface area contributed by atoms with E-state index < -0.39 is 5.97 Å². The smallest absolute Gasteiger partial charge is 0.353 e. The van der Waals surface area contributed by atoms with Gasteiger partial charge in [0.2, 0.25) is 0 Å². The number of H-pyrrole nitrogens is 1. The van der Waals surface area contributed by atoms with Crippen molar-refractivity contribution in [1.82, 2.24) is 4.98 Å². The van der Waals surface area contributed by atoms with Crippen molar-refractivity contribution >= 4 is 32.8 Å². The van der Waals surface area contributed by atoms with Crippen LogP contribution in [0.5, 0.6) is 0 Å². The summed E-state index contributed by atoms with van der Waals surface area (Å²) in [5, 5.41) is 10.8. The number of benzene rings is 1. The van der Waals surface area contributed by atoms with E-state index in [1.807, 2.05) is 24.3 Å². The zero-order valence-electron chi connectivity index (χ0n) is 8.96. The van der Waals surface area contributed by atoms with Crippen LogP contribution >= 0.6 is 15.9 Å². The lowest BCUT2D eigenvalue weighted by atomic mass is 10.1. The highest BCUT2D eigenvalue weighted by atomic mass is 79.9. The number of carboxylic acids is 1. The molecule has 0 bridgehead atoms. The molecule has 2 aromatic rings. The van der Waals surface area contributed by atoms with Crippen LogP contribution < -0.4 is 0 Å². The van der Waals surface area contributed by atoms with E-state index in [-0.39, 0.29) is 5.69 Å². The monoisotopic (exact) mass is 291 g/mol. The Morgan fingerprint density at radius 2 is 2.18 bits per heavy atom. The molecule has 0 aliphatic rings. The second kappa shape index (κ2) is 5.07. The number of fused-ring (bicyclic) bond motifs is 1. The first-order valence-electron chi connectivity index (χ1n) is 5.13. The third-order valence-corrected chi connectivity index (χ3v) is 2.75. The first-order chi connectivity index (χ1) is 8.24. The maximum atomic E-state index is 11.1. The van der Waals surface area contributed by atoms with Crippen LogP contribution in [0.15, 0.2) is 24.3 Å². The largest absolute Gasteiger partial charge is 0.477 e. The number of aromatic carboxylic acids is 1. The maximum absolute atomic E-state index is 11.1. The Hall–Kier alpha value is -1.73. The Morgan fingerprint density at radius 3 is 2.88 bits per heavy atom. The Morgan fingerprint density at radius 1 is 1.41 bits per heavy atom. The molecule has 0 aliphatic heterocycles. The fraction of sp³-hybridized carbons (Fsp3) is 0.154. The molecular formula is C13H10BrNO2.